The Hall–Kier alpha value is -0.580. The van der Waals surface area contributed by atoms with Crippen molar-refractivity contribution in [2.24, 2.45) is 45.3 Å². The molecule has 0 aromatic heterocycles. The molecule has 1 heterocycles. The SMILES string of the molecule is CC(C)=CCC[C@](C)(O[C@@H]1O[C@H](CO)[C@@H](O)[C@H](O)[C@H]1O)C1CC[C@]2(C)C1[C@H](O)CC1[C@@]3(C)CCC(O)C(C)(C)C3CC[C@]12C. The van der Waals surface area contributed by atoms with E-state index in [4.69, 9.17) is 9.47 Å². The second kappa shape index (κ2) is 11.8. The Balaban J connectivity index is 1.49. The van der Waals surface area contributed by atoms with Crippen LogP contribution in [0.25, 0.3) is 0 Å². The molecule has 5 aliphatic rings. The van der Waals surface area contributed by atoms with Crippen LogP contribution in [-0.4, -0.2) is 85.8 Å². The Bertz CT molecular complexity index is 1070. The van der Waals surface area contributed by atoms with E-state index >= 15 is 0 Å². The molecule has 254 valence electrons. The summed E-state index contributed by atoms with van der Waals surface area (Å²) in [5.41, 5.74) is 0.171. The maximum absolute atomic E-state index is 12.2. The lowest BCUT2D eigenvalue weighted by atomic mass is 9.35. The van der Waals surface area contributed by atoms with Crippen LogP contribution in [0.5, 0.6) is 0 Å². The summed E-state index contributed by atoms with van der Waals surface area (Å²) >= 11 is 0. The van der Waals surface area contributed by atoms with Gasteiger partial charge in [-0.15, -0.1) is 0 Å². The van der Waals surface area contributed by atoms with E-state index in [-0.39, 0.29) is 39.6 Å². The van der Waals surface area contributed by atoms with Crippen molar-refractivity contribution in [1.82, 2.24) is 0 Å². The molecule has 0 bridgehead atoms. The van der Waals surface area contributed by atoms with Gasteiger partial charge in [-0.25, -0.2) is 0 Å². The average Bonchev–Trinajstić information content (AvgIpc) is 3.33. The predicted octanol–water partition coefficient (Wildman–Crippen LogP) is 4.32. The van der Waals surface area contributed by atoms with Crippen LogP contribution in [0.4, 0.5) is 0 Å². The molecule has 4 aliphatic carbocycles. The van der Waals surface area contributed by atoms with Crippen molar-refractivity contribution in [3.8, 4) is 0 Å². The maximum Gasteiger partial charge on any atom is 0.187 e. The highest BCUT2D eigenvalue weighted by atomic mass is 16.7. The van der Waals surface area contributed by atoms with Crippen LogP contribution in [0.2, 0.25) is 0 Å². The van der Waals surface area contributed by atoms with Gasteiger partial charge in [-0.3, -0.25) is 0 Å². The predicted molar refractivity (Wildman–Crippen MR) is 168 cm³/mol. The number of fused-ring (bicyclic) bond motifs is 5. The van der Waals surface area contributed by atoms with E-state index in [1.807, 2.05) is 0 Å². The number of hydrogen-bond donors (Lipinski definition) is 6. The summed E-state index contributed by atoms with van der Waals surface area (Å²) in [6.07, 6.45) is 2.60. The van der Waals surface area contributed by atoms with Gasteiger partial charge in [0.2, 0.25) is 0 Å². The largest absolute Gasteiger partial charge is 0.394 e. The van der Waals surface area contributed by atoms with Gasteiger partial charge in [0.1, 0.15) is 24.4 Å². The topological polar surface area (TPSA) is 140 Å². The second-order valence-electron chi connectivity index (χ2n) is 17.3. The van der Waals surface area contributed by atoms with Gasteiger partial charge in [0.05, 0.1) is 24.4 Å². The first-order valence-corrected chi connectivity index (χ1v) is 17.3. The minimum atomic E-state index is -1.50. The molecule has 0 radical (unpaired) electrons. The van der Waals surface area contributed by atoms with Crippen molar-refractivity contribution in [1.29, 1.82) is 0 Å². The quantitative estimate of drug-likeness (QED) is 0.231. The first-order chi connectivity index (χ1) is 20.4. The molecule has 0 aromatic rings. The second-order valence-corrected chi connectivity index (χ2v) is 17.3. The molecule has 1 aliphatic heterocycles. The van der Waals surface area contributed by atoms with Crippen molar-refractivity contribution in [2.45, 2.75) is 162 Å². The molecule has 44 heavy (non-hydrogen) atoms. The van der Waals surface area contributed by atoms with Crippen LogP contribution >= 0.6 is 0 Å². The summed E-state index contributed by atoms with van der Waals surface area (Å²) in [6, 6.07) is 0. The number of aliphatic hydroxyl groups excluding tert-OH is 6. The van der Waals surface area contributed by atoms with Crippen LogP contribution in [0.3, 0.4) is 0 Å². The molecule has 5 fully saturated rings. The third-order valence-electron chi connectivity index (χ3n) is 14.6. The van der Waals surface area contributed by atoms with Gasteiger partial charge >= 0.3 is 0 Å². The Kier molecular flexibility index (Phi) is 9.35. The molecule has 5 unspecified atom stereocenters. The Morgan fingerprint density at radius 3 is 2.16 bits per heavy atom. The molecule has 6 N–H and O–H groups in total. The third-order valence-corrected chi connectivity index (χ3v) is 14.6. The highest BCUT2D eigenvalue weighted by molar-refractivity contribution is 5.20. The molecule has 15 atom stereocenters. The third kappa shape index (κ3) is 5.17. The Morgan fingerprint density at radius 1 is 0.864 bits per heavy atom. The monoisotopic (exact) mass is 622 g/mol. The summed E-state index contributed by atoms with van der Waals surface area (Å²) in [4.78, 5) is 0. The van der Waals surface area contributed by atoms with Crippen LogP contribution in [-0.2, 0) is 9.47 Å². The zero-order valence-corrected chi connectivity index (χ0v) is 28.5. The summed E-state index contributed by atoms with van der Waals surface area (Å²) in [7, 11) is 0. The number of ether oxygens (including phenoxy) is 2. The van der Waals surface area contributed by atoms with Crippen molar-refractivity contribution in [2.75, 3.05) is 6.61 Å². The first-order valence-electron chi connectivity index (χ1n) is 17.3. The Labute approximate surface area is 265 Å². The molecule has 0 amide bonds. The standard InChI is InChI=1S/C36H62O8/c1-20(2)10-9-14-36(8,44-31-30(42)29(41)28(40)23(19-37)43-31)21-11-16-35(7)27(21)22(38)18-25-33(5)15-13-26(39)32(3,4)24(33)12-17-34(25,35)6/h10,21-31,37-42H,9,11-19H2,1-8H3/t21?,22-,23-,24?,25?,26?,27?,28-,29+,30-,31+,33+,34-,35-,36+/m1/s1. The van der Waals surface area contributed by atoms with E-state index in [2.05, 4.69) is 61.5 Å². The summed E-state index contributed by atoms with van der Waals surface area (Å²) in [6.45, 7) is 17.5. The molecule has 8 nitrogen and oxygen atoms in total. The van der Waals surface area contributed by atoms with Gasteiger partial charge in [-0.05, 0) is 124 Å². The lowest BCUT2D eigenvalue weighted by molar-refractivity contribution is -0.336. The summed E-state index contributed by atoms with van der Waals surface area (Å²) < 4.78 is 12.6. The molecule has 1 saturated heterocycles. The fourth-order valence-electron chi connectivity index (χ4n) is 11.8. The number of allylic oxidation sites excluding steroid dienone is 2. The molecule has 0 aromatic carbocycles. The summed E-state index contributed by atoms with van der Waals surface area (Å²) in [5.74, 6) is 0.713. The normalized spacial score (nSPS) is 51.5. The molecule has 0 spiro atoms. The molecular weight excluding hydrogens is 560 g/mol. The van der Waals surface area contributed by atoms with Crippen LogP contribution < -0.4 is 0 Å². The van der Waals surface area contributed by atoms with Crippen LogP contribution in [0, 0.1) is 45.3 Å². The molecule has 8 heteroatoms. The van der Waals surface area contributed by atoms with Crippen LogP contribution in [0.15, 0.2) is 11.6 Å². The highest BCUT2D eigenvalue weighted by Crippen LogP contribution is 2.76. The van der Waals surface area contributed by atoms with E-state index in [0.717, 1.165) is 51.4 Å². The van der Waals surface area contributed by atoms with Gasteiger partial charge < -0.3 is 40.1 Å². The van der Waals surface area contributed by atoms with E-state index < -0.39 is 49.0 Å². The molecular formula is C36H62O8. The van der Waals surface area contributed by atoms with E-state index in [0.29, 0.717) is 18.3 Å². The van der Waals surface area contributed by atoms with Crippen molar-refractivity contribution in [3.63, 3.8) is 0 Å². The van der Waals surface area contributed by atoms with E-state index in [1.54, 1.807) is 0 Å². The summed E-state index contributed by atoms with van der Waals surface area (Å²) in [5, 5.41) is 65.0. The van der Waals surface area contributed by atoms with E-state index in [9.17, 15) is 30.6 Å². The fourth-order valence-corrected chi connectivity index (χ4v) is 11.8. The zero-order valence-electron chi connectivity index (χ0n) is 28.5. The first kappa shape index (κ1) is 34.7. The van der Waals surface area contributed by atoms with Gasteiger partial charge in [0.15, 0.2) is 6.29 Å². The van der Waals surface area contributed by atoms with Crippen molar-refractivity contribution in [3.05, 3.63) is 11.6 Å². The van der Waals surface area contributed by atoms with E-state index in [1.165, 1.54) is 5.57 Å². The lowest BCUT2D eigenvalue weighted by Crippen LogP contribution is -2.67. The smallest absolute Gasteiger partial charge is 0.187 e. The van der Waals surface area contributed by atoms with Crippen molar-refractivity contribution >= 4 is 0 Å². The van der Waals surface area contributed by atoms with Crippen molar-refractivity contribution < 1.29 is 40.1 Å². The zero-order chi connectivity index (χ0) is 32.6. The van der Waals surface area contributed by atoms with Gasteiger partial charge in [-0.1, -0.05) is 46.3 Å². The maximum atomic E-state index is 12.2. The Morgan fingerprint density at radius 2 is 1.52 bits per heavy atom. The molecule has 5 rings (SSSR count). The highest BCUT2D eigenvalue weighted by Gasteiger charge is 2.71. The van der Waals surface area contributed by atoms with Crippen LogP contribution in [0.1, 0.15) is 113 Å². The molecule has 4 saturated carbocycles. The number of rotatable bonds is 7. The van der Waals surface area contributed by atoms with Gasteiger partial charge in [0, 0.05) is 0 Å². The van der Waals surface area contributed by atoms with Gasteiger partial charge in [0.25, 0.3) is 0 Å². The minimum absolute atomic E-state index is 0.0131. The lowest BCUT2D eigenvalue weighted by Gasteiger charge is -2.70. The average molecular weight is 623 g/mol. The fraction of sp³-hybridized carbons (Fsp3) is 0.944. The van der Waals surface area contributed by atoms with Gasteiger partial charge in [-0.2, -0.15) is 0 Å². The minimum Gasteiger partial charge on any atom is -0.394 e. The number of aliphatic hydroxyl groups is 6. The number of hydrogen-bond acceptors (Lipinski definition) is 8.